The molecule has 1 aromatic heterocycles. The van der Waals surface area contributed by atoms with Crippen molar-refractivity contribution < 1.29 is 14.3 Å². The summed E-state index contributed by atoms with van der Waals surface area (Å²) in [6.07, 6.45) is 1.79. The predicted molar refractivity (Wildman–Crippen MR) is 141 cm³/mol. The predicted octanol–water partition coefficient (Wildman–Crippen LogP) is 5.22. The molecule has 0 aliphatic heterocycles. The number of nitrogens with one attached hydrogen (secondary N) is 1. The van der Waals surface area contributed by atoms with Gasteiger partial charge in [-0.3, -0.25) is 14.4 Å². The molecule has 0 saturated carbocycles. The quantitative estimate of drug-likeness (QED) is 0.315. The Morgan fingerprint density at radius 3 is 2.39 bits per heavy atom. The van der Waals surface area contributed by atoms with Crippen LogP contribution in [0, 0.1) is 0 Å². The van der Waals surface area contributed by atoms with Crippen LogP contribution in [0.2, 0.25) is 5.02 Å². The van der Waals surface area contributed by atoms with Crippen LogP contribution in [0.1, 0.15) is 63.0 Å². The molecule has 2 atom stereocenters. The van der Waals surface area contributed by atoms with Crippen LogP contribution in [0.25, 0.3) is 11.1 Å². The minimum Gasteiger partial charge on any atom is -0.353 e. The number of hydrogen-bond donors (Lipinski definition) is 1. The molecular formula is C28H32ClN3O4. The third-order valence-electron chi connectivity index (χ3n) is 5.54. The summed E-state index contributed by atoms with van der Waals surface area (Å²) in [6.45, 7) is 9.11. The molecule has 7 nitrogen and oxygen atoms in total. The molecule has 0 aliphatic rings. The fraction of sp³-hybridized carbons (Fsp3) is 0.357. The zero-order valence-corrected chi connectivity index (χ0v) is 22.0. The van der Waals surface area contributed by atoms with E-state index < -0.39 is 23.4 Å². The molecular weight excluding hydrogens is 478 g/mol. The van der Waals surface area contributed by atoms with Gasteiger partial charge in [-0.2, -0.15) is 5.10 Å². The van der Waals surface area contributed by atoms with Gasteiger partial charge in [-0.1, -0.05) is 48.9 Å². The highest BCUT2D eigenvalue weighted by Crippen LogP contribution is 2.26. The van der Waals surface area contributed by atoms with E-state index in [-0.39, 0.29) is 18.1 Å². The van der Waals surface area contributed by atoms with Crippen molar-refractivity contribution in [3.8, 4) is 11.1 Å². The summed E-state index contributed by atoms with van der Waals surface area (Å²) >= 11 is 6.15. The minimum absolute atomic E-state index is 0.156. The van der Waals surface area contributed by atoms with Crippen molar-refractivity contribution in [2.75, 3.05) is 0 Å². The summed E-state index contributed by atoms with van der Waals surface area (Å²) in [5.41, 5.74) is 1.36. The average molecular weight is 510 g/mol. The number of carbonyl (C=O) groups is 2. The Bertz CT molecular complexity index is 1280. The first kappa shape index (κ1) is 27.3. The number of ketones is 1. The number of halogens is 1. The van der Waals surface area contributed by atoms with Gasteiger partial charge in [-0.25, -0.2) is 4.68 Å². The summed E-state index contributed by atoms with van der Waals surface area (Å²) in [4.78, 5) is 38.8. The van der Waals surface area contributed by atoms with Gasteiger partial charge in [0.15, 0.2) is 5.78 Å². The highest BCUT2D eigenvalue weighted by Gasteiger charge is 2.27. The Labute approximate surface area is 216 Å². The van der Waals surface area contributed by atoms with E-state index in [1.54, 1.807) is 18.2 Å². The van der Waals surface area contributed by atoms with E-state index in [1.165, 1.54) is 23.9 Å². The Morgan fingerprint density at radius 1 is 1.11 bits per heavy atom. The van der Waals surface area contributed by atoms with Crippen molar-refractivity contribution in [1.82, 2.24) is 15.1 Å². The van der Waals surface area contributed by atoms with Crippen molar-refractivity contribution in [3.63, 3.8) is 0 Å². The number of benzene rings is 2. The topological polar surface area (TPSA) is 90.3 Å². The molecule has 0 fully saturated rings. The largest absolute Gasteiger partial charge is 0.353 e. The summed E-state index contributed by atoms with van der Waals surface area (Å²) in [5, 5.41) is 7.72. The van der Waals surface area contributed by atoms with Crippen LogP contribution in [-0.4, -0.2) is 33.3 Å². The Morgan fingerprint density at radius 2 is 1.81 bits per heavy atom. The molecule has 1 heterocycles. The molecule has 0 aliphatic carbocycles. The van der Waals surface area contributed by atoms with Gasteiger partial charge in [0.05, 0.1) is 11.8 Å². The minimum atomic E-state index is -0.904. The maximum Gasteiger partial charge on any atom is 0.268 e. The summed E-state index contributed by atoms with van der Waals surface area (Å²) in [5.74, 6) is -0.527. The van der Waals surface area contributed by atoms with E-state index >= 15 is 0 Å². The molecule has 3 rings (SSSR count). The van der Waals surface area contributed by atoms with E-state index in [9.17, 15) is 14.4 Å². The molecule has 0 spiro atoms. The van der Waals surface area contributed by atoms with Crippen LogP contribution in [-0.2, 0) is 16.0 Å². The van der Waals surface area contributed by atoms with E-state index in [4.69, 9.17) is 16.3 Å². The normalized spacial score (nSPS) is 13.2. The van der Waals surface area contributed by atoms with Gasteiger partial charge in [-0.15, -0.1) is 0 Å². The number of aromatic nitrogens is 2. The van der Waals surface area contributed by atoms with Gasteiger partial charge in [0.25, 0.3) is 5.56 Å². The van der Waals surface area contributed by atoms with E-state index in [2.05, 4.69) is 10.4 Å². The van der Waals surface area contributed by atoms with Crippen molar-refractivity contribution >= 4 is 23.3 Å². The van der Waals surface area contributed by atoms with Gasteiger partial charge in [0.1, 0.15) is 12.3 Å². The second-order valence-electron chi connectivity index (χ2n) is 9.61. The molecule has 1 amide bonds. The molecule has 3 aromatic rings. The van der Waals surface area contributed by atoms with Crippen molar-refractivity contribution in [3.05, 3.63) is 87.3 Å². The zero-order chi connectivity index (χ0) is 26.5. The van der Waals surface area contributed by atoms with Crippen molar-refractivity contribution in [1.29, 1.82) is 0 Å². The lowest BCUT2D eigenvalue weighted by atomic mass is 9.99. The lowest BCUT2D eigenvalue weighted by Crippen LogP contribution is -2.46. The number of Topliss-reactive ketones (excluding diaryl/α,β-unsaturated/α-hetero) is 1. The highest BCUT2D eigenvalue weighted by atomic mass is 35.5. The summed E-state index contributed by atoms with van der Waals surface area (Å²) in [6, 6.07) is 14.8. The SMILES string of the molecule is CCC(NC(=O)[C@H](Cc1ccccc1)n1ncc(-c2cc(Cl)ccc2C(C)=O)cc1=O)OC(C)(C)C. The maximum atomic E-state index is 13.4. The molecule has 0 bridgehead atoms. The number of rotatable bonds is 9. The van der Waals surface area contributed by atoms with Crippen LogP contribution in [0.5, 0.6) is 0 Å². The number of hydrogen-bond acceptors (Lipinski definition) is 5. The van der Waals surface area contributed by atoms with E-state index in [0.29, 0.717) is 28.1 Å². The summed E-state index contributed by atoms with van der Waals surface area (Å²) in [7, 11) is 0. The highest BCUT2D eigenvalue weighted by molar-refractivity contribution is 6.31. The van der Waals surface area contributed by atoms with Crippen molar-refractivity contribution in [2.45, 2.75) is 65.3 Å². The lowest BCUT2D eigenvalue weighted by Gasteiger charge is -2.29. The third kappa shape index (κ3) is 7.12. The van der Waals surface area contributed by atoms with Crippen LogP contribution >= 0.6 is 11.6 Å². The van der Waals surface area contributed by atoms with Crippen LogP contribution < -0.4 is 10.9 Å². The lowest BCUT2D eigenvalue weighted by molar-refractivity contribution is -0.134. The number of ether oxygens (including phenoxy) is 1. The Kier molecular flexibility index (Phi) is 8.82. The number of amides is 1. The first-order chi connectivity index (χ1) is 17.0. The van der Waals surface area contributed by atoms with Crippen LogP contribution in [0.15, 0.2) is 65.6 Å². The standard InChI is InChI=1S/C28H32ClN3O4/c1-6-25(36-28(3,4)5)31-27(35)24(14-19-10-8-7-9-11-19)32-26(34)15-20(17-30-32)23-16-21(29)12-13-22(23)18(2)33/h7-13,15-17,24-25H,6,14H2,1-5H3,(H,31,35)/t24-,25?/m0/s1. The molecule has 8 heteroatoms. The number of carbonyl (C=O) groups excluding carboxylic acids is 2. The molecule has 36 heavy (non-hydrogen) atoms. The molecule has 0 saturated heterocycles. The smallest absolute Gasteiger partial charge is 0.268 e. The first-order valence-electron chi connectivity index (χ1n) is 11.9. The average Bonchev–Trinajstić information content (AvgIpc) is 2.81. The monoisotopic (exact) mass is 509 g/mol. The third-order valence-corrected chi connectivity index (χ3v) is 5.77. The molecule has 1 N–H and O–H groups in total. The van der Waals surface area contributed by atoms with Crippen LogP contribution in [0.4, 0.5) is 0 Å². The fourth-order valence-corrected chi connectivity index (χ4v) is 4.06. The van der Waals surface area contributed by atoms with Gasteiger partial charge >= 0.3 is 0 Å². The molecule has 1 unspecified atom stereocenters. The molecule has 2 aromatic carbocycles. The summed E-state index contributed by atoms with van der Waals surface area (Å²) < 4.78 is 7.14. The fourth-order valence-electron chi connectivity index (χ4n) is 3.89. The molecule has 190 valence electrons. The van der Waals surface area contributed by atoms with E-state index in [0.717, 1.165) is 5.56 Å². The van der Waals surface area contributed by atoms with Gasteiger partial charge < -0.3 is 10.1 Å². The van der Waals surface area contributed by atoms with Crippen molar-refractivity contribution in [2.24, 2.45) is 0 Å². The van der Waals surface area contributed by atoms with Gasteiger partial charge in [-0.05, 0) is 63.4 Å². The first-order valence-corrected chi connectivity index (χ1v) is 12.3. The second kappa shape index (κ2) is 11.6. The van der Waals surface area contributed by atoms with Gasteiger partial charge in [0.2, 0.25) is 5.91 Å². The van der Waals surface area contributed by atoms with E-state index in [1.807, 2.05) is 58.0 Å². The zero-order valence-electron chi connectivity index (χ0n) is 21.2. The maximum absolute atomic E-state index is 13.4. The van der Waals surface area contributed by atoms with Crippen LogP contribution in [0.3, 0.4) is 0 Å². The number of nitrogens with zero attached hydrogens (tertiary/aromatic N) is 2. The van der Waals surface area contributed by atoms with Gasteiger partial charge in [0, 0.05) is 28.6 Å². The second-order valence-corrected chi connectivity index (χ2v) is 10.1. The Balaban J connectivity index is 2.00. The Hall–Kier alpha value is -3.29. The molecule has 0 radical (unpaired) electrons.